The lowest BCUT2D eigenvalue weighted by atomic mass is 10.2. The molecule has 2 aromatic carbocycles. The summed E-state index contributed by atoms with van der Waals surface area (Å²) < 4.78 is 44.9. The molecule has 0 bridgehead atoms. The summed E-state index contributed by atoms with van der Waals surface area (Å²) in [5.41, 5.74) is 0.405. The average molecular weight is 406 g/mol. The van der Waals surface area contributed by atoms with E-state index in [1.54, 1.807) is 5.38 Å². The van der Waals surface area contributed by atoms with E-state index >= 15 is 0 Å². The van der Waals surface area contributed by atoms with Gasteiger partial charge in [-0.1, -0.05) is 12.1 Å². The van der Waals surface area contributed by atoms with Crippen LogP contribution >= 0.6 is 11.3 Å². The maximum Gasteiger partial charge on any atom is 0.341 e. The quantitative estimate of drug-likeness (QED) is 0.638. The molecule has 144 valence electrons. The summed E-state index contributed by atoms with van der Waals surface area (Å²) in [6, 6.07) is 8.59. The summed E-state index contributed by atoms with van der Waals surface area (Å²) >= 11 is 1.06. The third kappa shape index (κ3) is 4.37. The summed E-state index contributed by atoms with van der Waals surface area (Å²) in [6.07, 6.45) is -1.21. The van der Waals surface area contributed by atoms with Gasteiger partial charge in [0.1, 0.15) is 5.82 Å². The van der Waals surface area contributed by atoms with Gasteiger partial charge in [0.25, 0.3) is 5.91 Å². The molecule has 0 saturated carbocycles. The van der Waals surface area contributed by atoms with E-state index in [9.17, 15) is 22.8 Å². The number of halogens is 3. The Morgan fingerprint density at radius 2 is 1.82 bits per heavy atom. The standard InChI is InChI=1S/C19H13F3N2O3S/c1-10(27-18(26)12-4-2-3-5-13(12)20)17(25)24-19-23-16(9-28-19)11-6-7-14(21)15(22)8-11/h2-10H,1H3,(H,23,24,25)/t10-/m0/s1. The molecule has 3 aromatic rings. The van der Waals surface area contributed by atoms with Gasteiger partial charge in [0, 0.05) is 10.9 Å². The first-order valence-electron chi connectivity index (χ1n) is 8.02. The second-order valence-corrected chi connectivity index (χ2v) is 6.54. The van der Waals surface area contributed by atoms with E-state index in [2.05, 4.69) is 10.3 Å². The summed E-state index contributed by atoms with van der Waals surface area (Å²) in [4.78, 5) is 28.3. The van der Waals surface area contributed by atoms with E-state index < -0.39 is 35.4 Å². The van der Waals surface area contributed by atoms with Crippen LogP contribution in [0.4, 0.5) is 18.3 Å². The smallest absolute Gasteiger partial charge is 0.341 e. The fraction of sp³-hybridized carbons (Fsp3) is 0.105. The molecule has 0 radical (unpaired) electrons. The number of aromatic nitrogens is 1. The van der Waals surface area contributed by atoms with Crippen LogP contribution in [0.5, 0.6) is 0 Å². The summed E-state index contributed by atoms with van der Waals surface area (Å²) in [5.74, 6) is -4.38. The van der Waals surface area contributed by atoms with Crippen LogP contribution in [0.2, 0.25) is 0 Å². The fourth-order valence-corrected chi connectivity index (χ4v) is 2.95. The van der Waals surface area contributed by atoms with Gasteiger partial charge in [-0.05, 0) is 37.3 Å². The minimum Gasteiger partial charge on any atom is -0.449 e. The van der Waals surface area contributed by atoms with Gasteiger partial charge >= 0.3 is 5.97 Å². The summed E-state index contributed by atoms with van der Waals surface area (Å²) in [7, 11) is 0. The maximum atomic E-state index is 13.6. The Labute approximate surface area is 161 Å². The minimum absolute atomic E-state index is 0.179. The van der Waals surface area contributed by atoms with Crippen LogP contribution in [0.1, 0.15) is 17.3 Å². The molecule has 0 spiro atoms. The van der Waals surface area contributed by atoms with Gasteiger partial charge < -0.3 is 4.74 Å². The third-order valence-corrected chi connectivity index (χ3v) is 4.45. The Morgan fingerprint density at radius 3 is 2.54 bits per heavy atom. The van der Waals surface area contributed by atoms with Gasteiger partial charge in [0.2, 0.25) is 0 Å². The number of thiazole rings is 1. The van der Waals surface area contributed by atoms with Crippen molar-refractivity contribution in [2.24, 2.45) is 0 Å². The van der Waals surface area contributed by atoms with Crippen molar-refractivity contribution >= 4 is 28.3 Å². The third-order valence-electron chi connectivity index (χ3n) is 3.70. The first kappa shape index (κ1) is 19.6. The molecule has 5 nitrogen and oxygen atoms in total. The Bertz CT molecular complexity index is 1040. The fourth-order valence-electron chi connectivity index (χ4n) is 2.23. The number of carbonyl (C=O) groups excluding carboxylic acids is 2. The Morgan fingerprint density at radius 1 is 1.07 bits per heavy atom. The van der Waals surface area contributed by atoms with Crippen molar-refractivity contribution in [2.75, 3.05) is 5.32 Å². The van der Waals surface area contributed by atoms with Crippen LogP contribution in [0.3, 0.4) is 0 Å². The number of ether oxygens (including phenoxy) is 1. The van der Waals surface area contributed by atoms with Crippen molar-refractivity contribution < 1.29 is 27.5 Å². The van der Waals surface area contributed by atoms with Crippen molar-refractivity contribution in [3.63, 3.8) is 0 Å². The largest absolute Gasteiger partial charge is 0.449 e. The minimum atomic E-state index is -1.21. The first-order chi connectivity index (χ1) is 13.3. The zero-order chi connectivity index (χ0) is 20.3. The molecule has 1 aromatic heterocycles. The number of nitrogens with one attached hydrogen (secondary N) is 1. The number of anilines is 1. The highest BCUT2D eigenvalue weighted by molar-refractivity contribution is 7.14. The van der Waals surface area contributed by atoms with Crippen LogP contribution in [0.25, 0.3) is 11.3 Å². The maximum absolute atomic E-state index is 13.6. The van der Waals surface area contributed by atoms with Gasteiger partial charge in [-0.15, -0.1) is 11.3 Å². The molecule has 0 unspecified atom stereocenters. The van der Waals surface area contributed by atoms with E-state index in [1.807, 2.05) is 0 Å². The lowest BCUT2D eigenvalue weighted by Crippen LogP contribution is -2.30. The Hall–Kier alpha value is -3.20. The van der Waals surface area contributed by atoms with Gasteiger partial charge in [-0.2, -0.15) is 0 Å². The lowest BCUT2D eigenvalue weighted by Gasteiger charge is -2.12. The molecule has 3 rings (SSSR count). The summed E-state index contributed by atoms with van der Waals surface area (Å²) in [5, 5.41) is 4.19. The number of amides is 1. The molecular formula is C19H13F3N2O3S. The molecule has 1 N–H and O–H groups in total. The second kappa shape index (κ2) is 8.22. The SMILES string of the molecule is C[C@H](OC(=O)c1ccccc1F)C(=O)Nc1nc(-c2ccc(F)c(F)c2)cs1. The van der Waals surface area contributed by atoms with E-state index in [0.29, 0.717) is 11.3 Å². The van der Waals surface area contributed by atoms with Crippen molar-refractivity contribution in [1.29, 1.82) is 0 Å². The van der Waals surface area contributed by atoms with Gasteiger partial charge in [-0.25, -0.2) is 22.9 Å². The van der Waals surface area contributed by atoms with Gasteiger partial charge in [-0.3, -0.25) is 10.1 Å². The summed E-state index contributed by atoms with van der Waals surface area (Å²) in [6.45, 7) is 1.33. The predicted molar refractivity (Wildman–Crippen MR) is 97.4 cm³/mol. The lowest BCUT2D eigenvalue weighted by molar-refractivity contribution is -0.123. The van der Waals surface area contributed by atoms with Crippen LogP contribution < -0.4 is 5.32 Å². The van der Waals surface area contributed by atoms with Crippen molar-refractivity contribution in [3.8, 4) is 11.3 Å². The van der Waals surface area contributed by atoms with Crippen LogP contribution in [0, 0.1) is 17.5 Å². The molecule has 9 heteroatoms. The number of hydrogen-bond acceptors (Lipinski definition) is 5. The van der Waals surface area contributed by atoms with E-state index in [4.69, 9.17) is 4.74 Å². The molecule has 0 saturated heterocycles. The molecule has 0 aliphatic heterocycles. The number of hydrogen-bond donors (Lipinski definition) is 1. The van der Waals surface area contributed by atoms with E-state index in [1.165, 1.54) is 31.2 Å². The number of esters is 1. The average Bonchev–Trinajstić information content (AvgIpc) is 3.12. The highest BCUT2D eigenvalue weighted by Crippen LogP contribution is 2.26. The van der Waals surface area contributed by atoms with Gasteiger partial charge in [0.15, 0.2) is 22.9 Å². The molecule has 0 fully saturated rings. The van der Waals surface area contributed by atoms with Crippen molar-refractivity contribution in [1.82, 2.24) is 4.98 Å². The predicted octanol–water partition coefficient (Wildman–Crippen LogP) is 4.41. The topological polar surface area (TPSA) is 68.3 Å². The molecule has 1 atom stereocenters. The Balaban J connectivity index is 1.64. The number of nitrogens with zero attached hydrogens (tertiary/aromatic N) is 1. The van der Waals surface area contributed by atoms with Crippen LogP contribution in [-0.4, -0.2) is 23.0 Å². The molecular weight excluding hydrogens is 393 g/mol. The van der Waals surface area contributed by atoms with Crippen molar-refractivity contribution in [2.45, 2.75) is 13.0 Å². The normalized spacial score (nSPS) is 11.7. The van der Waals surface area contributed by atoms with Crippen LogP contribution in [0.15, 0.2) is 47.8 Å². The zero-order valence-corrected chi connectivity index (χ0v) is 15.2. The van der Waals surface area contributed by atoms with Crippen LogP contribution in [-0.2, 0) is 9.53 Å². The second-order valence-electron chi connectivity index (χ2n) is 5.68. The number of carbonyl (C=O) groups is 2. The number of rotatable bonds is 5. The van der Waals surface area contributed by atoms with Crippen molar-refractivity contribution in [3.05, 3.63) is 70.9 Å². The molecule has 1 heterocycles. The molecule has 0 aliphatic carbocycles. The monoisotopic (exact) mass is 406 g/mol. The highest BCUT2D eigenvalue weighted by Gasteiger charge is 2.22. The molecule has 0 aliphatic rings. The molecule has 28 heavy (non-hydrogen) atoms. The molecule has 1 amide bonds. The first-order valence-corrected chi connectivity index (χ1v) is 8.90. The number of benzene rings is 2. The van der Waals surface area contributed by atoms with E-state index in [-0.39, 0.29) is 10.7 Å². The zero-order valence-electron chi connectivity index (χ0n) is 14.4. The Kier molecular flexibility index (Phi) is 5.74. The van der Waals surface area contributed by atoms with E-state index in [0.717, 1.165) is 29.5 Å². The van der Waals surface area contributed by atoms with Gasteiger partial charge in [0.05, 0.1) is 11.3 Å². The highest BCUT2D eigenvalue weighted by atomic mass is 32.1.